The van der Waals surface area contributed by atoms with Crippen LogP contribution in [0.5, 0.6) is 0 Å². The van der Waals surface area contributed by atoms with Gasteiger partial charge in [-0.2, -0.15) is 0 Å². The van der Waals surface area contributed by atoms with Gasteiger partial charge in [0.1, 0.15) is 0 Å². The highest BCUT2D eigenvalue weighted by atomic mass is 15.3. The van der Waals surface area contributed by atoms with Crippen LogP contribution < -0.4 is 9.80 Å². The summed E-state index contributed by atoms with van der Waals surface area (Å²) in [5, 5.41) is 0. The molecule has 0 radical (unpaired) electrons. The Morgan fingerprint density at radius 1 is 0.783 bits per heavy atom. The van der Waals surface area contributed by atoms with Crippen molar-refractivity contribution < 1.29 is 5.48 Å². The van der Waals surface area contributed by atoms with Gasteiger partial charge in [-0.15, -0.1) is 0 Å². The summed E-state index contributed by atoms with van der Waals surface area (Å²) in [6.45, 7) is 4.92. The summed E-state index contributed by atoms with van der Waals surface area (Å²) >= 11 is 0. The third-order valence-electron chi connectivity index (χ3n) is 4.23. The van der Waals surface area contributed by atoms with Gasteiger partial charge in [0, 0.05) is 37.5 Å². The molecule has 0 aliphatic carbocycles. The molecule has 0 saturated carbocycles. The monoisotopic (exact) mass is 312 g/mol. The van der Waals surface area contributed by atoms with Gasteiger partial charge < -0.3 is 9.80 Å². The summed E-state index contributed by atoms with van der Waals surface area (Å²) in [5.74, 6) is 0. The summed E-state index contributed by atoms with van der Waals surface area (Å²) < 4.78 is 34.3. The minimum absolute atomic E-state index is 0.000698. The first-order valence-electron chi connectivity index (χ1n) is 10.1. The topological polar surface area (TPSA) is 6.48 Å². The second-order valence-electron chi connectivity index (χ2n) is 7.14. The molecular weight excluding hydrogens is 280 g/mol. The average Bonchev–Trinajstić information content (AvgIpc) is 2.53. The van der Waals surface area contributed by atoms with Gasteiger partial charge in [-0.3, -0.25) is 0 Å². The molecule has 23 heavy (non-hydrogen) atoms. The predicted octanol–water partition coefficient (Wildman–Crippen LogP) is 4.62. The molecule has 2 aromatic rings. The van der Waals surface area contributed by atoms with E-state index in [1.165, 1.54) is 4.90 Å². The third-order valence-corrected chi connectivity index (χ3v) is 4.23. The zero-order valence-corrected chi connectivity index (χ0v) is 14.4. The van der Waals surface area contributed by atoms with Gasteiger partial charge in [0.2, 0.25) is 0 Å². The number of piperazine rings is 1. The van der Waals surface area contributed by atoms with Crippen LogP contribution in [-0.4, -0.2) is 26.1 Å². The molecule has 1 saturated heterocycles. The van der Waals surface area contributed by atoms with Gasteiger partial charge in [-0.25, -0.2) is 0 Å². The lowest BCUT2D eigenvalue weighted by atomic mass is 9.87. The second kappa shape index (κ2) is 6.27. The summed E-state index contributed by atoms with van der Waals surface area (Å²) in [4.78, 5) is 3.08. The number of rotatable bonds is 2. The lowest BCUT2D eigenvalue weighted by Crippen LogP contribution is -2.46. The fourth-order valence-electron chi connectivity index (χ4n) is 2.66. The maximum atomic E-state index is 8.59. The van der Waals surface area contributed by atoms with Gasteiger partial charge in [0.25, 0.3) is 0 Å². The molecule has 0 bridgehead atoms. The maximum Gasteiger partial charge on any atom is 0.0511 e. The van der Waals surface area contributed by atoms with E-state index in [9.17, 15) is 0 Å². The smallest absolute Gasteiger partial charge is 0.0511 e. The summed E-state index contributed by atoms with van der Waals surface area (Å²) in [6, 6.07) is 15.4. The first-order chi connectivity index (χ1) is 12.4. The quantitative estimate of drug-likeness (QED) is 0.798. The molecule has 1 fully saturated rings. The highest BCUT2D eigenvalue weighted by molar-refractivity contribution is 5.53. The zero-order chi connectivity index (χ0) is 20.0. The van der Waals surface area contributed by atoms with Crippen molar-refractivity contribution in [3.05, 3.63) is 59.7 Å². The Bertz CT molecular complexity index is 774. The Morgan fingerprint density at radius 2 is 1.26 bits per heavy atom. The van der Waals surface area contributed by atoms with E-state index >= 15 is 0 Å². The van der Waals surface area contributed by atoms with Crippen molar-refractivity contribution in [2.24, 2.45) is 0 Å². The van der Waals surface area contributed by atoms with Gasteiger partial charge in [-0.1, -0.05) is 50.6 Å². The molecule has 2 nitrogen and oxygen atoms in total. The van der Waals surface area contributed by atoms with Crippen molar-refractivity contribution in [1.29, 1.82) is 0 Å². The van der Waals surface area contributed by atoms with Crippen molar-refractivity contribution in [2.75, 3.05) is 35.9 Å². The van der Waals surface area contributed by atoms with E-state index in [0.29, 0.717) is 5.69 Å². The molecule has 3 rings (SSSR count). The summed E-state index contributed by atoms with van der Waals surface area (Å²) in [6.07, 6.45) is 0. The number of benzene rings is 2. The molecule has 0 amide bonds. The minimum Gasteiger partial charge on any atom is -0.368 e. The van der Waals surface area contributed by atoms with Crippen LogP contribution in [0, 0.1) is 6.92 Å². The Hall–Kier alpha value is -1.96. The van der Waals surface area contributed by atoms with Crippen LogP contribution in [0.1, 0.15) is 37.4 Å². The molecule has 0 spiro atoms. The Kier molecular flexibility index (Phi) is 3.15. The van der Waals surface area contributed by atoms with E-state index in [2.05, 4.69) is 20.8 Å². The number of anilines is 2. The van der Waals surface area contributed by atoms with Crippen LogP contribution in [0.25, 0.3) is 0 Å². The zero-order valence-electron chi connectivity index (χ0n) is 18.4. The SMILES string of the molecule is [2H]C1([2H])CN(c2ccc(C)cc2)CC([2H])([2H])N1c1ccc(C(C)(C)C)cc1. The van der Waals surface area contributed by atoms with Crippen molar-refractivity contribution >= 4 is 11.4 Å². The van der Waals surface area contributed by atoms with Crippen LogP contribution in [0.3, 0.4) is 0 Å². The lowest BCUT2D eigenvalue weighted by Gasteiger charge is -2.37. The second-order valence-corrected chi connectivity index (χ2v) is 7.14. The molecule has 2 heteroatoms. The summed E-state index contributed by atoms with van der Waals surface area (Å²) in [5.41, 5.74) is 3.69. The van der Waals surface area contributed by atoms with Crippen LogP contribution in [0.15, 0.2) is 48.5 Å². The van der Waals surface area contributed by atoms with Crippen LogP contribution in [0.4, 0.5) is 11.4 Å². The molecular formula is C21H28N2. The van der Waals surface area contributed by atoms with Gasteiger partial charge in [0.05, 0.1) is 5.48 Å². The number of aryl methyl sites for hydroxylation is 1. The molecule has 1 aliphatic heterocycles. The van der Waals surface area contributed by atoms with Crippen molar-refractivity contribution in [3.8, 4) is 0 Å². The van der Waals surface area contributed by atoms with Crippen LogP contribution >= 0.6 is 0 Å². The minimum atomic E-state index is -1.84. The largest absolute Gasteiger partial charge is 0.368 e. The number of hydrogen-bond acceptors (Lipinski definition) is 2. The average molecular weight is 312 g/mol. The molecule has 0 atom stereocenters. The predicted molar refractivity (Wildman–Crippen MR) is 101 cm³/mol. The molecule has 0 aromatic heterocycles. The first-order valence-corrected chi connectivity index (χ1v) is 8.13. The third kappa shape index (κ3) is 3.69. The summed E-state index contributed by atoms with van der Waals surface area (Å²) in [7, 11) is 0. The van der Waals surface area contributed by atoms with Gasteiger partial charge >= 0.3 is 0 Å². The van der Waals surface area contributed by atoms with E-state index in [1.54, 1.807) is 4.90 Å². The lowest BCUT2D eigenvalue weighted by molar-refractivity contribution is 0.590. The van der Waals surface area contributed by atoms with E-state index in [1.807, 2.05) is 55.5 Å². The van der Waals surface area contributed by atoms with Gasteiger partial charge in [0.15, 0.2) is 0 Å². The van der Waals surface area contributed by atoms with Crippen molar-refractivity contribution in [2.45, 2.75) is 33.1 Å². The Balaban J connectivity index is 1.92. The van der Waals surface area contributed by atoms with Crippen LogP contribution in [-0.2, 0) is 5.41 Å². The maximum absolute atomic E-state index is 8.59. The highest BCUT2D eigenvalue weighted by Gasteiger charge is 2.18. The Labute approximate surface area is 146 Å². The van der Waals surface area contributed by atoms with E-state index in [-0.39, 0.29) is 18.5 Å². The molecule has 1 aliphatic rings. The number of hydrogen-bond donors (Lipinski definition) is 0. The van der Waals surface area contributed by atoms with Crippen LogP contribution in [0.2, 0.25) is 0 Å². The van der Waals surface area contributed by atoms with E-state index in [0.717, 1.165) is 16.8 Å². The molecule has 0 unspecified atom stereocenters. The van der Waals surface area contributed by atoms with Crippen molar-refractivity contribution in [3.63, 3.8) is 0 Å². The standard InChI is InChI=1S/C21H28N2/c1-17-5-9-19(10-6-17)22-13-15-23(16-14-22)20-11-7-18(8-12-20)21(2,3)4/h5-12H,13-16H2,1-4H3/i15D2,16D2. The fourth-order valence-corrected chi connectivity index (χ4v) is 2.66. The molecule has 122 valence electrons. The van der Waals surface area contributed by atoms with Gasteiger partial charge in [-0.05, 0) is 42.2 Å². The number of nitrogens with zero attached hydrogens (tertiary/aromatic N) is 2. The Morgan fingerprint density at radius 3 is 1.78 bits per heavy atom. The fraction of sp³-hybridized carbons (Fsp3) is 0.429. The first kappa shape index (κ1) is 11.6. The highest BCUT2D eigenvalue weighted by Crippen LogP contribution is 2.26. The normalized spacial score (nSPS) is 22.8. The molecule has 2 aromatic carbocycles. The van der Waals surface area contributed by atoms with E-state index in [4.69, 9.17) is 5.48 Å². The molecule has 1 heterocycles. The van der Waals surface area contributed by atoms with Crippen molar-refractivity contribution in [1.82, 2.24) is 0 Å². The van der Waals surface area contributed by atoms with E-state index < -0.39 is 13.0 Å². The molecule has 0 N–H and O–H groups in total.